The fourth-order valence-corrected chi connectivity index (χ4v) is 3.24. The highest BCUT2D eigenvalue weighted by atomic mass is 32.1. The van der Waals surface area contributed by atoms with Gasteiger partial charge in [0.25, 0.3) is 0 Å². The van der Waals surface area contributed by atoms with E-state index in [0.29, 0.717) is 29.6 Å². The number of aromatic nitrogens is 2. The number of rotatable bonds is 4. The highest BCUT2D eigenvalue weighted by Gasteiger charge is 2.48. The zero-order valence-corrected chi connectivity index (χ0v) is 11.6. The predicted molar refractivity (Wildman–Crippen MR) is 72.1 cm³/mol. The van der Waals surface area contributed by atoms with Crippen LogP contribution in [0.1, 0.15) is 26.2 Å². The Morgan fingerprint density at radius 3 is 2.84 bits per heavy atom. The van der Waals surface area contributed by atoms with Crippen molar-refractivity contribution in [2.24, 2.45) is 5.41 Å². The van der Waals surface area contributed by atoms with E-state index in [4.69, 9.17) is 5.73 Å². The molecule has 7 nitrogen and oxygen atoms in total. The zero-order valence-electron chi connectivity index (χ0n) is 10.7. The standard InChI is InChI=1S/C11H18N4O3S/c1-2-3-11(8(17)18)4-5-15(6-7(11)16)10-14-13-9(12)19-10/h7,16H,2-6H2,1H3,(H2,12,13)(H,17,18)/t7-,11-/m0/s1. The van der Waals surface area contributed by atoms with E-state index >= 15 is 0 Å². The minimum Gasteiger partial charge on any atom is -0.481 e. The van der Waals surface area contributed by atoms with Crippen molar-refractivity contribution < 1.29 is 15.0 Å². The van der Waals surface area contributed by atoms with Gasteiger partial charge in [-0.2, -0.15) is 0 Å². The number of nitrogens with zero attached hydrogens (tertiary/aromatic N) is 3. The molecule has 0 radical (unpaired) electrons. The van der Waals surface area contributed by atoms with Crippen LogP contribution in [-0.2, 0) is 4.79 Å². The molecule has 8 heteroatoms. The third-order valence-corrected chi connectivity index (χ3v) is 4.49. The number of nitrogens with two attached hydrogens (primary N) is 1. The van der Waals surface area contributed by atoms with Crippen molar-refractivity contribution >= 4 is 27.6 Å². The fraction of sp³-hybridized carbons (Fsp3) is 0.727. The summed E-state index contributed by atoms with van der Waals surface area (Å²) in [7, 11) is 0. The number of hydrogen-bond acceptors (Lipinski definition) is 7. The molecule has 1 aromatic rings. The first-order valence-corrected chi connectivity index (χ1v) is 7.06. The fourth-order valence-electron chi connectivity index (χ4n) is 2.60. The van der Waals surface area contributed by atoms with Gasteiger partial charge in [-0.3, -0.25) is 4.79 Å². The minimum atomic E-state index is -1.04. The summed E-state index contributed by atoms with van der Waals surface area (Å²) in [4.78, 5) is 13.3. The van der Waals surface area contributed by atoms with Gasteiger partial charge in [-0.05, 0) is 12.8 Å². The molecule has 0 amide bonds. The van der Waals surface area contributed by atoms with Crippen LogP contribution in [0, 0.1) is 5.41 Å². The Hall–Kier alpha value is -1.41. The number of aliphatic hydroxyl groups excluding tert-OH is 1. The summed E-state index contributed by atoms with van der Waals surface area (Å²) in [6.07, 6.45) is 0.700. The molecule has 2 rings (SSSR count). The van der Waals surface area contributed by atoms with Crippen molar-refractivity contribution in [1.29, 1.82) is 0 Å². The zero-order chi connectivity index (χ0) is 14.0. The van der Waals surface area contributed by atoms with E-state index in [1.165, 1.54) is 11.3 Å². The Morgan fingerprint density at radius 2 is 2.37 bits per heavy atom. The van der Waals surface area contributed by atoms with Crippen LogP contribution >= 0.6 is 11.3 Å². The summed E-state index contributed by atoms with van der Waals surface area (Å²) in [5, 5.41) is 28.3. The number of anilines is 2. The quantitative estimate of drug-likeness (QED) is 0.741. The van der Waals surface area contributed by atoms with Crippen molar-refractivity contribution in [2.45, 2.75) is 32.3 Å². The van der Waals surface area contributed by atoms with Crippen LogP contribution in [0.25, 0.3) is 0 Å². The van der Waals surface area contributed by atoms with Crippen LogP contribution in [0.15, 0.2) is 0 Å². The topological polar surface area (TPSA) is 113 Å². The smallest absolute Gasteiger partial charge is 0.312 e. The van der Waals surface area contributed by atoms with Crippen molar-refractivity contribution in [3.8, 4) is 0 Å². The molecule has 0 aromatic carbocycles. The molecule has 106 valence electrons. The molecule has 0 bridgehead atoms. The molecule has 1 aromatic heterocycles. The van der Waals surface area contributed by atoms with Gasteiger partial charge in [0.2, 0.25) is 10.3 Å². The number of carboxylic acid groups (broad SMARTS) is 1. The van der Waals surface area contributed by atoms with Crippen LogP contribution in [0.5, 0.6) is 0 Å². The summed E-state index contributed by atoms with van der Waals surface area (Å²) < 4.78 is 0. The average molecular weight is 286 g/mol. The summed E-state index contributed by atoms with van der Waals surface area (Å²) in [5.41, 5.74) is 4.49. The van der Waals surface area contributed by atoms with Gasteiger partial charge in [0, 0.05) is 13.1 Å². The average Bonchev–Trinajstić information content (AvgIpc) is 2.78. The molecule has 2 atom stereocenters. The van der Waals surface area contributed by atoms with Crippen molar-refractivity contribution in [3.05, 3.63) is 0 Å². The van der Waals surface area contributed by atoms with Crippen molar-refractivity contribution in [2.75, 3.05) is 23.7 Å². The van der Waals surface area contributed by atoms with Crippen LogP contribution in [0.2, 0.25) is 0 Å². The SMILES string of the molecule is CCC[C@]1(C(=O)O)CCN(c2nnc(N)s2)C[C@@H]1O. The summed E-state index contributed by atoms with van der Waals surface area (Å²) in [6, 6.07) is 0. The van der Waals surface area contributed by atoms with Gasteiger partial charge in [-0.25, -0.2) is 0 Å². The summed E-state index contributed by atoms with van der Waals surface area (Å²) in [6.45, 7) is 2.72. The Balaban J connectivity index is 2.14. The number of piperidine rings is 1. The third kappa shape index (κ3) is 2.50. The molecule has 0 unspecified atom stereocenters. The largest absolute Gasteiger partial charge is 0.481 e. The summed E-state index contributed by atoms with van der Waals surface area (Å²) >= 11 is 1.24. The molecule has 1 saturated heterocycles. The van der Waals surface area contributed by atoms with Crippen LogP contribution < -0.4 is 10.6 Å². The second kappa shape index (κ2) is 5.30. The van der Waals surface area contributed by atoms with Gasteiger partial charge < -0.3 is 20.8 Å². The van der Waals surface area contributed by atoms with Crippen LogP contribution in [-0.4, -0.2) is 45.6 Å². The highest BCUT2D eigenvalue weighted by molar-refractivity contribution is 7.18. The molecule has 1 aliphatic heterocycles. The second-order valence-electron chi connectivity index (χ2n) is 4.85. The molecule has 1 aliphatic rings. The van der Waals surface area contributed by atoms with E-state index in [2.05, 4.69) is 10.2 Å². The Morgan fingerprint density at radius 1 is 1.63 bits per heavy atom. The third-order valence-electron chi connectivity index (χ3n) is 3.68. The van der Waals surface area contributed by atoms with E-state index in [0.717, 1.165) is 6.42 Å². The molecular formula is C11H18N4O3S. The van der Waals surface area contributed by atoms with E-state index in [-0.39, 0.29) is 6.54 Å². The lowest BCUT2D eigenvalue weighted by Gasteiger charge is -2.42. The van der Waals surface area contributed by atoms with Crippen molar-refractivity contribution in [3.63, 3.8) is 0 Å². The number of carboxylic acids is 1. The van der Waals surface area contributed by atoms with Gasteiger partial charge in [0.05, 0.1) is 11.5 Å². The first-order chi connectivity index (χ1) is 8.99. The van der Waals surface area contributed by atoms with Gasteiger partial charge in [0.1, 0.15) is 0 Å². The lowest BCUT2D eigenvalue weighted by molar-refractivity contribution is -0.159. The Kier molecular flexibility index (Phi) is 3.91. The molecule has 1 fully saturated rings. The summed E-state index contributed by atoms with van der Waals surface area (Å²) in [5.74, 6) is -0.918. The molecular weight excluding hydrogens is 268 g/mol. The molecule has 19 heavy (non-hydrogen) atoms. The lowest BCUT2D eigenvalue weighted by atomic mass is 9.73. The highest BCUT2D eigenvalue weighted by Crippen LogP contribution is 2.38. The normalized spacial score (nSPS) is 27.5. The Bertz CT molecular complexity index is 467. The first-order valence-electron chi connectivity index (χ1n) is 6.25. The first kappa shape index (κ1) is 14.0. The number of carbonyl (C=O) groups is 1. The number of aliphatic carboxylic acids is 1. The minimum absolute atomic E-state index is 0.251. The molecule has 4 N–H and O–H groups in total. The maximum Gasteiger partial charge on any atom is 0.312 e. The number of hydrogen-bond donors (Lipinski definition) is 3. The maximum absolute atomic E-state index is 11.5. The van der Waals surface area contributed by atoms with Gasteiger partial charge >= 0.3 is 5.97 Å². The van der Waals surface area contributed by atoms with E-state index < -0.39 is 17.5 Å². The second-order valence-corrected chi connectivity index (χ2v) is 5.83. The maximum atomic E-state index is 11.5. The molecule has 0 aliphatic carbocycles. The Labute approximate surface area is 115 Å². The number of nitrogen functional groups attached to an aromatic ring is 1. The van der Waals surface area contributed by atoms with E-state index in [9.17, 15) is 15.0 Å². The van der Waals surface area contributed by atoms with Gasteiger partial charge in [-0.1, -0.05) is 24.7 Å². The lowest BCUT2D eigenvalue weighted by Crippen LogP contribution is -2.54. The van der Waals surface area contributed by atoms with Crippen molar-refractivity contribution in [1.82, 2.24) is 10.2 Å². The van der Waals surface area contributed by atoms with Gasteiger partial charge in [-0.15, -0.1) is 10.2 Å². The van der Waals surface area contributed by atoms with E-state index in [1.807, 2.05) is 11.8 Å². The monoisotopic (exact) mass is 286 g/mol. The van der Waals surface area contributed by atoms with Crippen LogP contribution in [0.3, 0.4) is 0 Å². The number of β-amino-alcohol motifs (C(OH)–C–C–N with tert-alkyl or cyclic N) is 1. The van der Waals surface area contributed by atoms with Gasteiger partial charge in [0.15, 0.2) is 0 Å². The number of aliphatic hydroxyl groups is 1. The van der Waals surface area contributed by atoms with E-state index in [1.54, 1.807) is 0 Å². The van der Waals surface area contributed by atoms with Crippen LogP contribution in [0.4, 0.5) is 10.3 Å². The molecule has 2 heterocycles. The predicted octanol–water partition coefficient (Wildman–Crippen LogP) is 0.562. The molecule has 0 spiro atoms. The molecule has 0 saturated carbocycles.